The lowest BCUT2D eigenvalue weighted by molar-refractivity contribution is 1.06. The Morgan fingerprint density at radius 1 is 0.778 bits per heavy atom. The maximum atomic E-state index is 6.31. The molecule has 4 rings (SSSR count). The van der Waals surface area contributed by atoms with Gasteiger partial charge in [-0.05, 0) is 43.2 Å². The molecule has 0 radical (unpaired) electrons. The van der Waals surface area contributed by atoms with Crippen molar-refractivity contribution in [2.75, 3.05) is 5.32 Å². The number of aryl methyl sites for hydroxylation is 2. The molecule has 0 aliphatic rings. The summed E-state index contributed by atoms with van der Waals surface area (Å²) >= 11 is 12.6. The smallest absolute Gasteiger partial charge is 0.161 e. The average Bonchev–Trinajstić information content (AvgIpc) is 2.67. The summed E-state index contributed by atoms with van der Waals surface area (Å²) < 4.78 is 0. The van der Waals surface area contributed by atoms with Crippen LogP contribution in [0.25, 0.3) is 22.0 Å². The van der Waals surface area contributed by atoms with E-state index in [-0.39, 0.29) is 0 Å². The molecule has 3 aromatic carbocycles. The zero-order valence-electron chi connectivity index (χ0n) is 14.9. The van der Waals surface area contributed by atoms with E-state index in [1.165, 1.54) is 5.56 Å². The fourth-order valence-corrected chi connectivity index (χ4v) is 3.37. The SMILES string of the molecule is Cc1ccc(C)c(Nc2nnc(-c3ccccc3)c3cc(Cl)c(Cl)cc23)c1. The van der Waals surface area contributed by atoms with E-state index in [1.54, 1.807) is 0 Å². The van der Waals surface area contributed by atoms with Crippen LogP contribution in [0.2, 0.25) is 10.0 Å². The first kappa shape index (κ1) is 17.8. The molecular formula is C22H17Cl2N3. The third kappa shape index (κ3) is 3.48. The summed E-state index contributed by atoms with van der Waals surface area (Å²) in [5.41, 5.74) is 5.04. The van der Waals surface area contributed by atoms with E-state index >= 15 is 0 Å². The van der Waals surface area contributed by atoms with Gasteiger partial charge >= 0.3 is 0 Å². The maximum absolute atomic E-state index is 6.31. The minimum atomic E-state index is 0.486. The molecule has 134 valence electrons. The molecule has 0 unspecified atom stereocenters. The van der Waals surface area contributed by atoms with Gasteiger partial charge in [0.05, 0.1) is 10.0 Å². The van der Waals surface area contributed by atoms with Crippen molar-refractivity contribution in [3.63, 3.8) is 0 Å². The lowest BCUT2D eigenvalue weighted by atomic mass is 10.0. The Bertz CT molecular complexity index is 1140. The number of hydrogen-bond donors (Lipinski definition) is 1. The molecule has 0 bridgehead atoms. The number of halogens is 2. The van der Waals surface area contributed by atoms with Crippen LogP contribution in [0, 0.1) is 13.8 Å². The standard InChI is InChI=1S/C22H17Cl2N3/c1-13-8-9-14(2)20(10-13)25-22-17-12-19(24)18(23)11-16(17)21(26-27-22)15-6-4-3-5-7-15/h3-12H,1-2H3,(H,25,27). The van der Waals surface area contributed by atoms with Gasteiger partial charge in [0.2, 0.25) is 0 Å². The molecule has 0 amide bonds. The summed E-state index contributed by atoms with van der Waals surface area (Å²) in [4.78, 5) is 0. The Labute approximate surface area is 168 Å². The summed E-state index contributed by atoms with van der Waals surface area (Å²) in [6, 6.07) is 19.9. The molecule has 3 nitrogen and oxygen atoms in total. The van der Waals surface area contributed by atoms with E-state index < -0.39 is 0 Å². The van der Waals surface area contributed by atoms with Gasteiger partial charge in [-0.1, -0.05) is 65.7 Å². The number of fused-ring (bicyclic) bond motifs is 1. The van der Waals surface area contributed by atoms with Gasteiger partial charge in [0.25, 0.3) is 0 Å². The lowest BCUT2D eigenvalue weighted by Gasteiger charge is -2.14. The number of anilines is 2. The molecule has 0 aliphatic carbocycles. The number of nitrogens with zero attached hydrogens (tertiary/aromatic N) is 2. The summed E-state index contributed by atoms with van der Waals surface area (Å²) in [7, 11) is 0. The highest BCUT2D eigenvalue weighted by atomic mass is 35.5. The van der Waals surface area contributed by atoms with Crippen LogP contribution in [-0.4, -0.2) is 10.2 Å². The minimum absolute atomic E-state index is 0.486. The number of rotatable bonds is 3. The third-order valence-electron chi connectivity index (χ3n) is 4.51. The van der Waals surface area contributed by atoms with Gasteiger partial charge in [0.1, 0.15) is 5.69 Å². The molecule has 27 heavy (non-hydrogen) atoms. The number of benzene rings is 3. The summed E-state index contributed by atoms with van der Waals surface area (Å²) in [5, 5.41) is 15.1. The Hall–Kier alpha value is -2.62. The molecule has 0 atom stereocenters. The van der Waals surface area contributed by atoms with Gasteiger partial charge in [0.15, 0.2) is 5.82 Å². The number of aromatic nitrogens is 2. The topological polar surface area (TPSA) is 37.8 Å². The molecule has 4 aromatic rings. The molecule has 0 fully saturated rings. The van der Waals surface area contributed by atoms with Crippen LogP contribution in [0.5, 0.6) is 0 Å². The summed E-state index contributed by atoms with van der Waals surface area (Å²) in [6.45, 7) is 4.11. The molecular weight excluding hydrogens is 377 g/mol. The largest absolute Gasteiger partial charge is 0.338 e. The average molecular weight is 394 g/mol. The highest BCUT2D eigenvalue weighted by Crippen LogP contribution is 2.36. The van der Waals surface area contributed by atoms with Crippen LogP contribution in [0.3, 0.4) is 0 Å². The second-order valence-electron chi connectivity index (χ2n) is 6.52. The van der Waals surface area contributed by atoms with Gasteiger partial charge in [-0.15, -0.1) is 10.2 Å². The quantitative estimate of drug-likeness (QED) is 0.408. The Morgan fingerprint density at radius 3 is 2.22 bits per heavy atom. The van der Waals surface area contributed by atoms with Crippen molar-refractivity contribution in [2.45, 2.75) is 13.8 Å². The second kappa shape index (κ2) is 7.18. The van der Waals surface area contributed by atoms with Gasteiger partial charge in [-0.3, -0.25) is 0 Å². The Kier molecular flexibility index (Phi) is 4.73. The van der Waals surface area contributed by atoms with Crippen LogP contribution in [0.1, 0.15) is 11.1 Å². The van der Waals surface area contributed by atoms with Crippen LogP contribution in [0.4, 0.5) is 11.5 Å². The highest BCUT2D eigenvalue weighted by molar-refractivity contribution is 6.43. The molecule has 0 spiro atoms. The number of hydrogen-bond acceptors (Lipinski definition) is 3. The molecule has 1 aromatic heterocycles. The van der Waals surface area contributed by atoms with Gasteiger partial charge < -0.3 is 5.32 Å². The Morgan fingerprint density at radius 2 is 1.48 bits per heavy atom. The zero-order valence-corrected chi connectivity index (χ0v) is 16.4. The van der Waals surface area contributed by atoms with E-state index in [4.69, 9.17) is 23.2 Å². The predicted molar refractivity (Wildman–Crippen MR) is 114 cm³/mol. The van der Waals surface area contributed by atoms with Crippen LogP contribution < -0.4 is 5.32 Å². The lowest BCUT2D eigenvalue weighted by Crippen LogP contribution is -2.01. The van der Waals surface area contributed by atoms with E-state index in [1.807, 2.05) is 42.5 Å². The van der Waals surface area contributed by atoms with Crippen molar-refractivity contribution in [1.82, 2.24) is 10.2 Å². The minimum Gasteiger partial charge on any atom is -0.338 e. The molecule has 1 N–H and O–H groups in total. The zero-order chi connectivity index (χ0) is 19.0. The molecule has 5 heteroatoms. The van der Waals surface area contributed by atoms with Gasteiger partial charge in [0, 0.05) is 22.0 Å². The first-order valence-corrected chi connectivity index (χ1v) is 9.33. The van der Waals surface area contributed by atoms with Crippen molar-refractivity contribution in [3.05, 3.63) is 81.8 Å². The van der Waals surface area contributed by atoms with Crippen molar-refractivity contribution < 1.29 is 0 Å². The van der Waals surface area contributed by atoms with Crippen molar-refractivity contribution in [3.8, 4) is 11.3 Å². The van der Waals surface area contributed by atoms with Gasteiger partial charge in [-0.25, -0.2) is 0 Å². The second-order valence-corrected chi connectivity index (χ2v) is 7.33. The molecule has 0 aliphatic heterocycles. The first-order valence-electron chi connectivity index (χ1n) is 8.58. The van der Waals surface area contributed by atoms with E-state index in [0.717, 1.165) is 33.3 Å². The molecule has 1 heterocycles. The Balaban J connectivity index is 1.92. The maximum Gasteiger partial charge on any atom is 0.161 e. The van der Waals surface area contributed by atoms with E-state index in [0.29, 0.717) is 15.9 Å². The van der Waals surface area contributed by atoms with Crippen molar-refractivity contribution in [2.24, 2.45) is 0 Å². The number of nitrogens with one attached hydrogen (secondary N) is 1. The summed E-state index contributed by atoms with van der Waals surface area (Å²) in [6.07, 6.45) is 0. The summed E-state index contributed by atoms with van der Waals surface area (Å²) in [5.74, 6) is 0.650. The van der Waals surface area contributed by atoms with E-state index in [2.05, 4.69) is 47.6 Å². The van der Waals surface area contributed by atoms with Crippen LogP contribution in [-0.2, 0) is 0 Å². The highest BCUT2D eigenvalue weighted by Gasteiger charge is 2.14. The predicted octanol–water partition coefficient (Wildman–Crippen LogP) is 6.96. The fourth-order valence-electron chi connectivity index (χ4n) is 3.05. The van der Waals surface area contributed by atoms with Crippen LogP contribution in [0.15, 0.2) is 60.7 Å². The first-order chi connectivity index (χ1) is 13.0. The van der Waals surface area contributed by atoms with Gasteiger partial charge in [-0.2, -0.15) is 0 Å². The third-order valence-corrected chi connectivity index (χ3v) is 5.24. The van der Waals surface area contributed by atoms with Crippen molar-refractivity contribution >= 4 is 45.5 Å². The van der Waals surface area contributed by atoms with Crippen molar-refractivity contribution in [1.29, 1.82) is 0 Å². The monoisotopic (exact) mass is 393 g/mol. The van der Waals surface area contributed by atoms with Crippen LogP contribution >= 0.6 is 23.2 Å². The van der Waals surface area contributed by atoms with E-state index in [9.17, 15) is 0 Å². The molecule has 0 saturated carbocycles. The normalized spacial score (nSPS) is 11.0. The fraction of sp³-hybridized carbons (Fsp3) is 0.0909. The molecule has 0 saturated heterocycles.